The minimum Gasteiger partial charge on any atom is -0.379 e. The first-order valence-corrected chi connectivity index (χ1v) is 9.19. The molecule has 1 amide bonds. The Morgan fingerprint density at radius 2 is 2.00 bits per heavy atom. The summed E-state index contributed by atoms with van der Waals surface area (Å²) >= 11 is 1.57. The Labute approximate surface area is 136 Å². The van der Waals surface area contributed by atoms with Crippen molar-refractivity contribution in [3.63, 3.8) is 0 Å². The van der Waals surface area contributed by atoms with Crippen molar-refractivity contribution in [2.24, 2.45) is 0 Å². The van der Waals surface area contributed by atoms with Gasteiger partial charge in [-0.3, -0.25) is 9.69 Å². The molecule has 2 fully saturated rings. The summed E-state index contributed by atoms with van der Waals surface area (Å²) in [7, 11) is 0. The van der Waals surface area contributed by atoms with Crippen LogP contribution in [-0.2, 0) is 4.74 Å². The van der Waals surface area contributed by atoms with Crippen molar-refractivity contribution in [2.75, 3.05) is 32.8 Å². The fourth-order valence-corrected chi connectivity index (χ4v) is 4.52. The number of nitrogens with zero attached hydrogens (tertiary/aromatic N) is 1. The first-order valence-electron chi connectivity index (χ1n) is 8.37. The number of thiophene rings is 1. The summed E-state index contributed by atoms with van der Waals surface area (Å²) in [6.45, 7) is 6.43. The molecule has 1 saturated carbocycles. The van der Waals surface area contributed by atoms with Gasteiger partial charge in [0.1, 0.15) is 0 Å². The zero-order valence-corrected chi connectivity index (χ0v) is 14.2. The number of carbonyl (C=O) groups excluding carboxylic acids is 1. The van der Waals surface area contributed by atoms with Gasteiger partial charge in [-0.15, -0.1) is 11.3 Å². The van der Waals surface area contributed by atoms with E-state index in [0.29, 0.717) is 0 Å². The second-order valence-electron chi connectivity index (χ2n) is 6.48. The van der Waals surface area contributed by atoms with Gasteiger partial charge in [-0.25, -0.2) is 0 Å². The summed E-state index contributed by atoms with van der Waals surface area (Å²) in [4.78, 5) is 17.0. The van der Waals surface area contributed by atoms with Gasteiger partial charge in [-0.05, 0) is 31.9 Å². The van der Waals surface area contributed by atoms with Crippen LogP contribution in [0, 0.1) is 6.92 Å². The molecule has 3 rings (SSSR count). The summed E-state index contributed by atoms with van der Waals surface area (Å²) < 4.78 is 5.51. The molecule has 5 heteroatoms. The molecule has 0 bridgehead atoms. The van der Waals surface area contributed by atoms with E-state index in [1.165, 1.54) is 37.0 Å². The van der Waals surface area contributed by atoms with Gasteiger partial charge in [0.2, 0.25) is 0 Å². The zero-order chi connectivity index (χ0) is 15.4. The van der Waals surface area contributed by atoms with E-state index < -0.39 is 0 Å². The zero-order valence-electron chi connectivity index (χ0n) is 13.4. The van der Waals surface area contributed by atoms with Gasteiger partial charge in [0.05, 0.1) is 18.1 Å². The number of hydrogen-bond donors (Lipinski definition) is 1. The van der Waals surface area contributed by atoms with E-state index in [1.54, 1.807) is 11.3 Å². The van der Waals surface area contributed by atoms with Gasteiger partial charge in [-0.2, -0.15) is 0 Å². The number of ether oxygens (including phenoxy) is 1. The Morgan fingerprint density at radius 1 is 1.27 bits per heavy atom. The number of hydrogen-bond acceptors (Lipinski definition) is 4. The molecular formula is C17H26N2O2S. The van der Waals surface area contributed by atoms with E-state index in [0.717, 1.165) is 37.7 Å². The SMILES string of the molecule is Cc1ccc(C(=O)NCC2(N3CCOCC3)CCCCC2)s1. The van der Waals surface area contributed by atoms with Crippen LogP contribution in [0.2, 0.25) is 0 Å². The van der Waals surface area contributed by atoms with Crippen molar-refractivity contribution in [2.45, 2.75) is 44.6 Å². The third kappa shape index (κ3) is 3.53. The summed E-state index contributed by atoms with van der Waals surface area (Å²) in [5.41, 5.74) is 0.143. The Balaban J connectivity index is 1.66. The maximum absolute atomic E-state index is 12.4. The molecule has 4 nitrogen and oxygen atoms in total. The quantitative estimate of drug-likeness (QED) is 0.927. The molecule has 1 aliphatic heterocycles. The highest BCUT2D eigenvalue weighted by Crippen LogP contribution is 2.34. The van der Waals surface area contributed by atoms with Gasteiger partial charge in [0.25, 0.3) is 5.91 Å². The monoisotopic (exact) mass is 322 g/mol. The number of nitrogens with one attached hydrogen (secondary N) is 1. The lowest BCUT2D eigenvalue weighted by molar-refractivity contribution is -0.0361. The van der Waals surface area contributed by atoms with E-state index in [1.807, 2.05) is 19.1 Å². The van der Waals surface area contributed by atoms with E-state index in [2.05, 4.69) is 10.2 Å². The van der Waals surface area contributed by atoms with Gasteiger partial charge < -0.3 is 10.1 Å². The standard InChI is InChI=1S/C17H26N2O2S/c1-14-5-6-15(22-14)16(20)18-13-17(7-3-2-4-8-17)19-9-11-21-12-10-19/h5-6H,2-4,7-13H2,1H3,(H,18,20). The fraction of sp³-hybridized carbons (Fsp3) is 0.706. The second-order valence-corrected chi connectivity index (χ2v) is 7.77. The van der Waals surface area contributed by atoms with Crippen molar-refractivity contribution >= 4 is 17.2 Å². The lowest BCUT2D eigenvalue weighted by Gasteiger charge is -2.48. The Hall–Kier alpha value is -0.910. The van der Waals surface area contributed by atoms with Crippen LogP contribution in [0.3, 0.4) is 0 Å². The number of aryl methyl sites for hydroxylation is 1. The molecule has 0 atom stereocenters. The molecule has 1 aromatic rings. The molecule has 0 unspecified atom stereocenters. The van der Waals surface area contributed by atoms with E-state index in [4.69, 9.17) is 4.74 Å². The van der Waals surface area contributed by atoms with Crippen LogP contribution in [0.4, 0.5) is 0 Å². The molecule has 22 heavy (non-hydrogen) atoms. The molecule has 1 aromatic heterocycles. The van der Waals surface area contributed by atoms with Gasteiger partial charge in [0.15, 0.2) is 0 Å². The normalized spacial score (nSPS) is 22.4. The molecule has 2 aliphatic rings. The predicted octanol–water partition coefficient (Wildman–Crippen LogP) is 2.82. The maximum Gasteiger partial charge on any atom is 0.261 e. The van der Waals surface area contributed by atoms with Crippen molar-refractivity contribution in [3.8, 4) is 0 Å². The number of carbonyl (C=O) groups is 1. The van der Waals surface area contributed by atoms with Crippen LogP contribution in [0.15, 0.2) is 12.1 Å². The van der Waals surface area contributed by atoms with Crippen molar-refractivity contribution < 1.29 is 9.53 Å². The Bertz CT molecular complexity index is 503. The molecule has 122 valence electrons. The number of amides is 1. The molecule has 0 radical (unpaired) electrons. The van der Waals surface area contributed by atoms with Crippen LogP contribution in [-0.4, -0.2) is 49.2 Å². The van der Waals surface area contributed by atoms with E-state index in [-0.39, 0.29) is 11.4 Å². The van der Waals surface area contributed by atoms with Crippen LogP contribution in [0.1, 0.15) is 46.7 Å². The lowest BCUT2D eigenvalue weighted by atomic mass is 9.79. The van der Waals surface area contributed by atoms with Gasteiger partial charge in [0, 0.05) is 30.1 Å². The molecule has 1 aliphatic carbocycles. The van der Waals surface area contributed by atoms with Crippen molar-refractivity contribution in [3.05, 3.63) is 21.9 Å². The highest BCUT2D eigenvalue weighted by Gasteiger charge is 2.38. The average Bonchev–Trinajstić information content (AvgIpc) is 3.01. The third-order valence-electron chi connectivity index (χ3n) is 5.01. The average molecular weight is 322 g/mol. The second kappa shape index (κ2) is 7.11. The minimum atomic E-state index is 0.0799. The summed E-state index contributed by atoms with van der Waals surface area (Å²) in [6, 6.07) is 3.94. The molecule has 1 saturated heterocycles. The highest BCUT2D eigenvalue weighted by atomic mass is 32.1. The highest BCUT2D eigenvalue weighted by molar-refractivity contribution is 7.13. The molecule has 2 heterocycles. The first-order chi connectivity index (χ1) is 10.7. The molecule has 1 N–H and O–H groups in total. The first kappa shape index (κ1) is 16.0. The number of rotatable bonds is 4. The van der Waals surface area contributed by atoms with Gasteiger partial charge in [-0.1, -0.05) is 19.3 Å². The summed E-state index contributed by atoms with van der Waals surface area (Å²) in [5.74, 6) is 0.0799. The minimum absolute atomic E-state index is 0.0799. The van der Waals surface area contributed by atoms with E-state index in [9.17, 15) is 4.79 Å². The van der Waals surface area contributed by atoms with Crippen LogP contribution < -0.4 is 5.32 Å². The fourth-order valence-electron chi connectivity index (χ4n) is 3.74. The van der Waals surface area contributed by atoms with Crippen molar-refractivity contribution in [1.82, 2.24) is 10.2 Å². The van der Waals surface area contributed by atoms with Crippen LogP contribution >= 0.6 is 11.3 Å². The maximum atomic E-state index is 12.4. The number of morpholine rings is 1. The summed E-state index contributed by atoms with van der Waals surface area (Å²) in [6.07, 6.45) is 6.24. The van der Waals surface area contributed by atoms with Gasteiger partial charge >= 0.3 is 0 Å². The lowest BCUT2D eigenvalue weighted by Crippen LogP contribution is -2.59. The van der Waals surface area contributed by atoms with Crippen molar-refractivity contribution in [1.29, 1.82) is 0 Å². The largest absolute Gasteiger partial charge is 0.379 e. The molecule has 0 spiro atoms. The smallest absolute Gasteiger partial charge is 0.261 e. The topological polar surface area (TPSA) is 41.6 Å². The van der Waals surface area contributed by atoms with Crippen LogP contribution in [0.25, 0.3) is 0 Å². The Morgan fingerprint density at radius 3 is 2.64 bits per heavy atom. The summed E-state index contributed by atoms with van der Waals surface area (Å²) in [5, 5.41) is 3.21. The third-order valence-corrected chi connectivity index (χ3v) is 6.01. The van der Waals surface area contributed by atoms with E-state index >= 15 is 0 Å². The predicted molar refractivity (Wildman–Crippen MR) is 89.6 cm³/mol. The molecule has 0 aromatic carbocycles. The molecular weight excluding hydrogens is 296 g/mol. The van der Waals surface area contributed by atoms with Crippen LogP contribution in [0.5, 0.6) is 0 Å². The Kier molecular flexibility index (Phi) is 5.16.